The molecular weight excluding hydrogens is 368 g/mol. The largest absolute Gasteiger partial charge is 0.368 e. The summed E-state index contributed by atoms with van der Waals surface area (Å²) in [6, 6.07) is 11.6. The molecule has 0 aliphatic rings. The normalized spacial score (nSPS) is 11.9. The summed E-state index contributed by atoms with van der Waals surface area (Å²) in [6.45, 7) is 0. The highest BCUT2D eigenvalue weighted by Crippen LogP contribution is 2.20. The van der Waals surface area contributed by atoms with Crippen molar-refractivity contribution in [2.75, 3.05) is 0 Å². The van der Waals surface area contributed by atoms with E-state index in [2.05, 4.69) is 25.3 Å². The number of benzene rings is 1. The molecule has 0 bridgehead atoms. The number of primary amides is 1. The molecule has 8 nitrogen and oxygen atoms in total. The Kier molecular flexibility index (Phi) is 4.98. The van der Waals surface area contributed by atoms with Gasteiger partial charge in [-0.15, -0.1) is 0 Å². The second kappa shape index (κ2) is 7.89. The van der Waals surface area contributed by atoms with Gasteiger partial charge in [-0.1, -0.05) is 6.07 Å². The van der Waals surface area contributed by atoms with Crippen LogP contribution in [0.4, 0.5) is 0 Å². The second-order valence-electron chi connectivity index (χ2n) is 6.55. The van der Waals surface area contributed by atoms with Crippen molar-refractivity contribution in [3.8, 4) is 11.4 Å². The van der Waals surface area contributed by atoms with E-state index in [9.17, 15) is 9.59 Å². The van der Waals surface area contributed by atoms with Gasteiger partial charge in [0.1, 0.15) is 11.9 Å². The fourth-order valence-corrected chi connectivity index (χ4v) is 3.02. The summed E-state index contributed by atoms with van der Waals surface area (Å²) in [7, 11) is 0. The predicted molar refractivity (Wildman–Crippen MR) is 108 cm³/mol. The lowest BCUT2D eigenvalue weighted by molar-refractivity contribution is -0.119. The van der Waals surface area contributed by atoms with Crippen molar-refractivity contribution in [2.45, 2.75) is 12.5 Å². The minimum atomic E-state index is -0.837. The Hall–Kier alpha value is -4.07. The number of pyridine rings is 2. The maximum absolute atomic E-state index is 12.7. The summed E-state index contributed by atoms with van der Waals surface area (Å²) in [5.41, 5.74) is 9.03. The summed E-state index contributed by atoms with van der Waals surface area (Å²) in [4.78, 5) is 40.3. The minimum absolute atomic E-state index is 0.271. The van der Waals surface area contributed by atoms with Gasteiger partial charge in [0.05, 0.1) is 11.0 Å². The monoisotopic (exact) mass is 386 g/mol. The summed E-state index contributed by atoms with van der Waals surface area (Å²) in [5, 5.41) is 2.70. The Morgan fingerprint density at radius 1 is 1.07 bits per heavy atom. The van der Waals surface area contributed by atoms with E-state index < -0.39 is 11.9 Å². The molecule has 144 valence electrons. The molecule has 0 aliphatic heterocycles. The van der Waals surface area contributed by atoms with E-state index in [1.54, 1.807) is 49.1 Å². The van der Waals surface area contributed by atoms with Crippen molar-refractivity contribution in [3.05, 3.63) is 78.4 Å². The lowest BCUT2D eigenvalue weighted by Gasteiger charge is -2.15. The van der Waals surface area contributed by atoms with Crippen LogP contribution in [0.5, 0.6) is 0 Å². The van der Waals surface area contributed by atoms with Crippen LogP contribution in [-0.4, -0.2) is 37.8 Å². The molecule has 0 spiro atoms. The molecule has 0 radical (unpaired) electrons. The Labute approximate surface area is 166 Å². The molecule has 0 aliphatic carbocycles. The number of aromatic nitrogens is 4. The zero-order valence-electron chi connectivity index (χ0n) is 15.4. The average Bonchev–Trinajstić information content (AvgIpc) is 3.18. The molecule has 4 aromatic rings. The van der Waals surface area contributed by atoms with Crippen molar-refractivity contribution < 1.29 is 9.59 Å². The van der Waals surface area contributed by atoms with Crippen LogP contribution in [0, 0.1) is 0 Å². The molecule has 1 unspecified atom stereocenters. The van der Waals surface area contributed by atoms with Crippen LogP contribution in [-0.2, 0) is 11.2 Å². The van der Waals surface area contributed by atoms with E-state index in [4.69, 9.17) is 5.73 Å². The molecule has 8 heteroatoms. The molecule has 3 heterocycles. The zero-order chi connectivity index (χ0) is 20.2. The first-order valence-electron chi connectivity index (χ1n) is 8.99. The van der Waals surface area contributed by atoms with Crippen LogP contribution in [0.3, 0.4) is 0 Å². The van der Waals surface area contributed by atoms with Gasteiger partial charge < -0.3 is 16.0 Å². The quantitative estimate of drug-likeness (QED) is 0.466. The number of amides is 2. The topological polar surface area (TPSA) is 127 Å². The summed E-state index contributed by atoms with van der Waals surface area (Å²) < 4.78 is 0. The van der Waals surface area contributed by atoms with Gasteiger partial charge in [-0.3, -0.25) is 19.6 Å². The third-order valence-electron chi connectivity index (χ3n) is 4.51. The second-order valence-corrected chi connectivity index (χ2v) is 6.55. The van der Waals surface area contributed by atoms with Gasteiger partial charge in [-0.05, 0) is 42.0 Å². The smallest absolute Gasteiger partial charge is 0.252 e. The van der Waals surface area contributed by atoms with Crippen molar-refractivity contribution in [3.63, 3.8) is 0 Å². The third-order valence-corrected chi connectivity index (χ3v) is 4.51. The van der Waals surface area contributed by atoms with Gasteiger partial charge in [0.25, 0.3) is 5.91 Å². The van der Waals surface area contributed by atoms with E-state index in [0.717, 1.165) is 16.6 Å². The number of H-pyrrole nitrogens is 1. The first-order valence-corrected chi connectivity index (χ1v) is 8.99. The van der Waals surface area contributed by atoms with Gasteiger partial charge in [0.15, 0.2) is 0 Å². The highest BCUT2D eigenvalue weighted by atomic mass is 16.2. The van der Waals surface area contributed by atoms with Gasteiger partial charge in [-0.2, -0.15) is 0 Å². The fourth-order valence-electron chi connectivity index (χ4n) is 3.02. The number of fused-ring (bicyclic) bond motifs is 1. The first-order chi connectivity index (χ1) is 14.1. The van der Waals surface area contributed by atoms with E-state index in [-0.39, 0.29) is 12.3 Å². The maximum atomic E-state index is 12.7. The zero-order valence-corrected chi connectivity index (χ0v) is 15.4. The van der Waals surface area contributed by atoms with E-state index in [1.807, 2.05) is 18.2 Å². The fraction of sp³-hybridized carbons (Fsp3) is 0.0952. The number of imidazole rings is 1. The lowest BCUT2D eigenvalue weighted by atomic mass is 10.1. The molecule has 2 amide bonds. The van der Waals surface area contributed by atoms with Gasteiger partial charge in [0, 0.05) is 42.3 Å². The standard InChI is InChI=1S/C21H18N6O2/c22-19(28)18(10-13-2-1-7-24-12-13)27-21(29)15-3-4-16-17(11-15)26-20(25-16)14-5-8-23-9-6-14/h1-9,11-12,18H,10H2,(H2,22,28)(H,25,26)(H,27,29). The van der Waals surface area contributed by atoms with E-state index in [0.29, 0.717) is 16.9 Å². The average molecular weight is 386 g/mol. The Morgan fingerprint density at radius 3 is 2.62 bits per heavy atom. The van der Waals surface area contributed by atoms with Crippen LogP contribution < -0.4 is 11.1 Å². The number of nitrogens with two attached hydrogens (primary N) is 1. The molecule has 1 aromatic carbocycles. The van der Waals surface area contributed by atoms with Crippen LogP contribution >= 0.6 is 0 Å². The van der Waals surface area contributed by atoms with Gasteiger partial charge in [0.2, 0.25) is 5.91 Å². The number of hydrogen-bond acceptors (Lipinski definition) is 5. The van der Waals surface area contributed by atoms with Gasteiger partial charge in [-0.25, -0.2) is 4.98 Å². The molecule has 0 saturated heterocycles. The van der Waals surface area contributed by atoms with Crippen LogP contribution in [0.25, 0.3) is 22.4 Å². The highest BCUT2D eigenvalue weighted by Gasteiger charge is 2.20. The summed E-state index contributed by atoms with van der Waals surface area (Å²) >= 11 is 0. The number of rotatable bonds is 6. The molecule has 29 heavy (non-hydrogen) atoms. The van der Waals surface area contributed by atoms with Crippen LogP contribution in [0.2, 0.25) is 0 Å². The predicted octanol–water partition coefficient (Wildman–Crippen LogP) is 1.85. The summed E-state index contributed by atoms with van der Waals surface area (Å²) in [5.74, 6) is -0.309. The van der Waals surface area contributed by atoms with Crippen molar-refractivity contribution in [1.82, 2.24) is 25.3 Å². The van der Waals surface area contributed by atoms with E-state index in [1.165, 1.54) is 0 Å². The number of hydrogen-bond donors (Lipinski definition) is 3. The first kappa shape index (κ1) is 18.3. The van der Waals surface area contributed by atoms with Crippen molar-refractivity contribution in [1.29, 1.82) is 0 Å². The Bertz CT molecular complexity index is 1160. The SMILES string of the molecule is NC(=O)C(Cc1cccnc1)NC(=O)c1ccc2nc(-c3ccncc3)[nH]c2c1. The lowest BCUT2D eigenvalue weighted by Crippen LogP contribution is -2.45. The van der Waals surface area contributed by atoms with Crippen molar-refractivity contribution >= 4 is 22.8 Å². The molecule has 0 saturated carbocycles. The molecular formula is C21H18N6O2. The molecule has 3 aromatic heterocycles. The number of nitrogens with one attached hydrogen (secondary N) is 2. The maximum Gasteiger partial charge on any atom is 0.252 e. The number of carbonyl (C=O) groups is 2. The minimum Gasteiger partial charge on any atom is -0.368 e. The number of nitrogens with zero attached hydrogens (tertiary/aromatic N) is 3. The van der Waals surface area contributed by atoms with Crippen LogP contribution in [0.15, 0.2) is 67.3 Å². The van der Waals surface area contributed by atoms with Crippen molar-refractivity contribution in [2.24, 2.45) is 5.73 Å². The highest BCUT2D eigenvalue weighted by molar-refractivity contribution is 6.00. The Balaban J connectivity index is 1.55. The Morgan fingerprint density at radius 2 is 1.90 bits per heavy atom. The number of carbonyl (C=O) groups excluding carboxylic acids is 2. The third kappa shape index (κ3) is 4.11. The number of aromatic amines is 1. The molecule has 0 fully saturated rings. The molecule has 4 N–H and O–H groups in total. The summed E-state index contributed by atoms with van der Waals surface area (Å²) in [6.07, 6.45) is 6.93. The van der Waals surface area contributed by atoms with Gasteiger partial charge >= 0.3 is 0 Å². The molecule has 4 rings (SSSR count). The van der Waals surface area contributed by atoms with Crippen LogP contribution in [0.1, 0.15) is 15.9 Å². The van der Waals surface area contributed by atoms with E-state index >= 15 is 0 Å². The molecule has 1 atom stereocenters.